The van der Waals surface area contributed by atoms with Crippen molar-refractivity contribution in [3.05, 3.63) is 29.8 Å². The van der Waals surface area contributed by atoms with E-state index in [-0.39, 0.29) is 23.6 Å². The SMILES string of the molecule is CNS(=O)(=O)c1ccc(C(C)NC(CCO)C(C)C)cc1. The Morgan fingerprint density at radius 2 is 1.71 bits per heavy atom. The smallest absolute Gasteiger partial charge is 0.240 e. The molecule has 21 heavy (non-hydrogen) atoms. The maximum atomic E-state index is 11.7. The quantitative estimate of drug-likeness (QED) is 0.682. The number of benzene rings is 1. The average molecular weight is 314 g/mol. The van der Waals surface area contributed by atoms with E-state index in [1.54, 1.807) is 12.1 Å². The monoisotopic (exact) mass is 314 g/mol. The van der Waals surface area contributed by atoms with Gasteiger partial charge in [-0.25, -0.2) is 13.1 Å². The predicted molar refractivity (Wildman–Crippen MR) is 84.6 cm³/mol. The minimum absolute atomic E-state index is 0.0929. The van der Waals surface area contributed by atoms with Gasteiger partial charge in [-0.15, -0.1) is 0 Å². The van der Waals surface area contributed by atoms with Crippen molar-refractivity contribution in [3.8, 4) is 0 Å². The van der Waals surface area contributed by atoms with Crippen LogP contribution in [0.1, 0.15) is 38.8 Å². The van der Waals surface area contributed by atoms with Gasteiger partial charge >= 0.3 is 0 Å². The molecule has 6 heteroatoms. The zero-order valence-corrected chi connectivity index (χ0v) is 13.9. The molecule has 0 aromatic heterocycles. The lowest BCUT2D eigenvalue weighted by Crippen LogP contribution is -2.36. The van der Waals surface area contributed by atoms with Crippen LogP contribution in [0.4, 0.5) is 0 Å². The molecule has 1 aromatic carbocycles. The molecular weight excluding hydrogens is 288 g/mol. The molecule has 0 fully saturated rings. The van der Waals surface area contributed by atoms with Crippen LogP contribution in [0.25, 0.3) is 0 Å². The van der Waals surface area contributed by atoms with Crippen LogP contribution < -0.4 is 10.0 Å². The first-order chi connectivity index (χ1) is 9.81. The fourth-order valence-corrected chi connectivity index (χ4v) is 2.95. The summed E-state index contributed by atoms with van der Waals surface area (Å²) in [6.45, 7) is 6.42. The summed E-state index contributed by atoms with van der Waals surface area (Å²) in [5.74, 6) is 0.420. The minimum Gasteiger partial charge on any atom is -0.396 e. The molecule has 0 spiro atoms. The van der Waals surface area contributed by atoms with Crippen molar-refractivity contribution >= 4 is 10.0 Å². The lowest BCUT2D eigenvalue weighted by Gasteiger charge is -2.26. The van der Waals surface area contributed by atoms with Crippen LogP contribution in [0.2, 0.25) is 0 Å². The standard InChI is InChI=1S/C15H26N2O3S/c1-11(2)15(9-10-18)17-12(3)13-5-7-14(8-6-13)21(19,20)16-4/h5-8,11-12,15-18H,9-10H2,1-4H3. The highest BCUT2D eigenvalue weighted by atomic mass is 32.2. The Bertz CT molecular complexity index is 526. The van der Waals surface area contributed by atoms with Crippen molar-refractivity contribution in [2.45, 2.75) is 44.2 Å². The van der Waals surface area contributed by atoms with E-state index in [1.807, 2.05) is 19.1 Å². The Balaban J connectivity index is 2.82. The summed E-state index contributed by atoms with van der Waals surface area (Å²) in [6.07, 6.45) is 0.703. The normalized spacial score (nSPS) is 15.1. The fourth-order valence-electron chi connectivity index (χ4n) is 2.22. The number of sulfonamides is 1. The molecule has 2 atom stereocenters. The Morgan fingerprint density at radius 3 is 2.14 bits per heavy atom. The molecule has 2 unspecified atom stereocenters. The van der Waals surface area contributed by atoms with E-state index in [0.29, 0.717) is 12.3 Å². The molecule has 0 saturated heterocycles. The molecular formula is C15H26N2O3S. The van der Waals surface area contributed by atoms with Crippen molar-refractivity contribution in [1.29, 1.82) is 0 Å². The summed E-state index contributed by atoms with van der Waals surface area (Å²) in [7, 11) is -1.99. The van der Waals surface area contributed by atoms with Gasteiger partial charge in [0.2, 0.25) is 10.0 Å². The summed E-state index contributed by atoms with van der Waals surface area (Å²) in [6, 6.07) is 7.17. The summed E-state index contributed by atoms with van der Waals surface area (Å²) in [5.41, 5.74) is 1.02. The van der Waals surface area contributed by atoms with Crippen molar-refractivity contribution in [2.75, 3.05) is 13.7 Å². The third-order valence-corrected chi connectivity index (χ3v) is 5.10. The van der Waals surface area contributed by atoms with Gasteiger partial charge in [-0.2, -0.15) is 0 Å². The van der Waals surface area contributed by atoms with Crippen LogP contribution in [0.15, 0.2) is 29.2 Å². The molecule has 0 aliphatic rings. The molecule has 0 bridgehead atoms. The second-order valence-corrected chi connectivity index (χ2v) is 7.41. The zero-order chi connectivity index (χ0) is 16.0. The first kappa shape index (κ1) is 18.1. The van der Waals surface area contributed by atoms with Crippen molar-refractivity contribution < 1.29 is 13.5 Å². The third kappa shape index (κ3) is 5.07. The summed E-state index contributed by atoms with van der Waals surface area (Å²) in [4.78, 5) is 0.261. The Hall–Kier alpha value is -0.950. The number of hydrogen-bond acceptors (Lipinski definition) is 4. The molecule has 1 aromatic rings. The lowest BCUT2D eigenvalue weighted by atomic mass is 9.99. The van der Waals surface area contributed by atoms with E-state index in [1.165, 1.54) is 7.05 Å². The average Bonchev–Trinajstić information content (AvgIpc) is 2.46. The van der Waals surface area contributed by atoms with Crippen LogP contribution in [0.3, 0.4) is 0 Å². The van der Waals surface area contributed by atoms with Gasteiger partial charge in [0, 0.05) is 18.7 Å². The summed E-state index contributed by atoms with van der Waals surface area (Å²) in [5, 5.41) is 12.6. The summed E-state index contributed by atoms with van der Waals surface area (Å²) >= 11 is 0. The zero-order valence-electron chi connectivity index (χ0n) is 13.1. The van der Waals surface area contributed by atoms with E-state index >= 15 is 0 Å². The molecule has 1 rings (SSSR count). The van der Waals surface area contributed by atoms with Gasteiger partial charge in [0.1, 0.15) is 0 Å². The second kappa shape index (κ2) is 7.89. The molecule has 0 aliphatic carbocycles. The van der Waals surface area contributed by atoms with Crippen LogP contribution in [0, 0.1) is 5.92 Å². The van der Waals surface area contributed by atoms with E-state index in [9.17, 15) is 8.42 Å². The maximum absolute atomic E-state index is 11.7. The molecule has 120 valence electrons. The summed E-state index contributed by atoms with van der Waals surface area (Å²) < 4.78 is 25.7. The lowest BCUT2D eigenvalue weighted by molar-refractivity contribution is 0.237. The van der Waals surface area contributed by atoms with Crippen molar-refractivity contribution in [2.24, 2.45) is 5.92 Å². The molecule has 3 N–H and O–H groups in total. The highest BCUT2D eigenvalue weighted by Crippen LogP contribution is 2.18. The van der Waals surface area contributed by atoms with E-state index in [4.69, 9.17) is 5.11 Å². The molecule has 0 saturated carbocycles. The Kier molecular flexibility index (Phi) is 6.80. The van der Waals surface area contributed by atoms with Gasteiger partial charge in [0.25, 0.3) is 0 Å². The number of hydrogen-bond donors (Lipinski definition) is 3. The van der Waals surface area contributed by atoms with Crippen LogP contribution >= 0.6 is 0 Å². The molecule has 0 aliphatic heterocycles. The van der Waals surface area contributed by atoms with E-state index < -0.39 is 10.0 Å². The largest absolute Gasteiger partial charge is 0.396 e. The predicted octanol–water partition coefficient (Wildman–Crippen LogP) is 1.65. The maximum Gasteiger partial charge on any atom is 0.240 e. The highest BCUT2D eigenvalue weighted by Gasteiger charge is 2.17. The first-order valence-corrected chi connectivity index (χ1v) is 8.70. The number of nitrogens with one attached hydrogen (secondary N) is 2. The van der Waals surface area contributed by atoms with Crippen molar-refractivity contribution in [1.82, 2.24) is 10.0 Å². The number of aliphatic hydroxyl groups is 1. The highest BCUT2D eigenvalue weighted by molar-refractivity contribution is 7.89. The fraction of sp³-hybridized carbons (Fsp3) is 0.600. The Labute approximate surface area is 127 Å². The minimum atomic E-state index is -3.39. The molecule has 5 nitrogen and oxygen atoms in total. The third-order valence-electron chi connectivity index (χ3n) is 3.67. The van der Waals surface area contributed by atoms with E-state index in [0.717, 1.165) is 5.56 Å². The first-order valence-electron chi connectivity index (χ1n) is 7.22. The van der Waals surface area contributed by atoms with E-state index in [2.05, 4.69) is 23.9 Å². The molecule has 0 amide bonds. The second-order valence-electron chi connectivity index (χ2n) is 5.53. The molecule has 0 radical (unpaired) electrons. The Morgan fingerprint density at radius 1 is 1.14 bits per heavy atom. The molecule has 0 heterocycles. The van der Waals surface area contributed by atoms with Crippen LogP contribution in [-0.2, 0) is 10.0 Å². The number of rotatable bonds is 8. The van der Waals surface area contributed by atoms with Gasteiger partial charge in [-0.3, -0.25) is 0 Å². The van der Waals surface area contributed by atoms with Crippen molar-refractivity contribution in [3.63, 3.8) is 0 Å². The topological polar surface area (TPSA) is 78.4 Å². The van der Waals surface area contributed by atoms with Gasteiger partial charge in [-0.1, -0.05) is 26.0 Å². The number of aliphatic hydroxyl groups excluding tert-OH is 1. The van der Waals surface area contributed by atoms with Crippen LogP contribution in [-0.4, -0.2) is 33.2 Å². The van der Waals surface area contributed by atoms with Gasteiger partial charge in [-0.05, 0) is 44.0 Å². The van der Waals surface area contributed by atoms with Crippen LogP contribution in [0.5, 0.6) is 0 Å². The van der Waals surface area contributed by atoms with Gasteiger partial charge < -0.3 is 10.4 Å². The van der Waals surface area contributed by atoms with Gasteiger partial charge in [0.15, 0.2) is 0 Å². The van der Waals surface area contributed by atoms with Gasteiger partial charge in [0.05, 0.1) is 4.90 Å².